The Balaban J connectivity index is 2.72. The predicted octanol–water partition coefficient (Wildman–Crippen LogP) is 2.12. The van der Waals surface area contributed by atoms with E-state index in [1.165, 1.54) is 0 Å². The standard InChI is InChI=1S/C12H22N2O2/c1-5-9-8-14(7-6-10(9)13-16)11(15)12(2,3)4/h9,16H,5-8H2,1-4H3. The predicted molar refractivity (Wildman–Crippen MR) is 63.7 cm³/mol. The van der Waals surface area contributed by atoms with Crippen molar-refractivity contribution in [1.29, 1.82) is 0 Å². The van der Waals surface area contributed by atoms with Crippen LogP contribution in [0.4, 0.5) is 0 Å². The summed E-state index contributed by atoms with van der Waals surface area (Å²) in [6.07, 6.45) is 1.60. The summed E-state index contributed by atoms with van der Waals surface area (Å²) in [7, 11) is 0. The lowest BCUT2D eigenvalue weighted by molar-refractivity contribution is -0.140. The number of hydrogen-bond acceptors (Lipinski definition) is 3. The van der Waals surface area contributed by atoms with Gasteiger partial charge in [0.1, 0.15) is 0 Å². The maximum atomic E-state index is 12.1. The van der Waals surface area contributed by atoms with Gasteiger partial charge >= 0.3 is 0 Å². The zero-order chi connectivity index (χ0) is 12.3. The van der Waals surface area contributed by atoms with Crippen LogP contribution in [0, 0.1) is 11.3 Å². The fraction of sp³-hybridized carbons (Fsp3) is 0.833. The molecule has 1 aliphatic heterocycles. The van der Waals surface area contributed by atoms with E-state index < -0.39 is 0 Å². The van der Waals surface area contributed by atoms with Gasteiger partial charge in [-0.25, -0.2) is 0 Å². The highest BCUT2D eigenvalue weighted by Crippen LogP contribution is 2.23. The number of nitrogens with zero attached hydrogens (tertiary/aromatic N) is 2. The molecular formula is C12H22N2O2. The van der Waals surface area contributed by atoms with Crippen LogP contribution in [0.25, 0.3) is 0 Å². The summed E-state index contributed by atoms with van der Waals surface area (Å²) in [5, 5.41) is 12.2. The van der Waals surface area contributed by atoms with Gasteiger partial charge < -0.3 is 10.1 Å². The highest BCUT2D eigenvalue weighted by molar-refractivity contribution is 5.90. The SMILES string of the molecule is CCC1CN(C(=O)C(C)(C)C)CCC1=NO. The van der Waals surface area contributed by atoms with E-state index in [1.54, 1.807) is 0 Å². The van der Waals surface area contributed by atoms with Crippen LogP contribution in [0.15, 0.2) is 5.16 Å². The van der Waals surface area contributed by atoms with Crippen LogP contribution in [-0.4, -0.2) is 34.8 Å². The van der Waals surface area contributed by atoms with Crippen LogP contribution >= 0.6 is 0 Å². The number of carbonyl (C=O) groups is 1. The molecular weight excluding hydrogens is 204 g/mol. The second-order valence-electron chi connectivity index (χ2n) is 5.45. The van der Waals surface area contributed by atoms with Crippen LogP contribution in [-0.2, 0) is 4.79 Å². The van der Waals surface area contributed by atoms with Crippen molar-refractivity contribution in [3.8, 4) is 0 Å². The normalized spacial score (nSPS) is 24.9. The minimum absolute atomic E-state index is 0.183. The second-order valence-corrected chi connectivity index (χ2v) is 5.45. The third-order valence-electron chi connectivity index (χ3n) is 3.10. The van der Waals surface area contributed by atoms with Crippen LogP contribution in [0.2, 0.25) is 0 Å². The summed E-state index contributed by atoms with van der Waals surface area (Å²) in [4.78, 5) is 14.0. The van der Waals surface area contributed by atoms with Crippen molar-refractivity contribution < 1.29 is 10.0 Å². The monoisotopic (exact) mass is 226 g/mol. The summed E-state index contributed by atoms with van der Waals surface area (Å²) in [6, 6.07) is 0. The Bertz CT molecular complexity index is 292. The Hall–Kier alpha value is -1.06. The highest BCUT2D eigenvalue weighted by Gasteiger charge is 2.32. The van der Waals surface area contributed by atoms with Gasteiger partial charge in [-0.1, -0.05) is 32.9 Å². The molecule has 0 saturated carbocycles. The molecule has 1 saturated heterocycles. The number of piperidine rings is 1. The summed E-state index contributed by atoms with van der Waals surface area (Å²) in [5.74, 6) is 0.396. The van der Waals surface area contributed by atoms with Gasteiger partial charge in [-0.05, 0) is 6.42 Å². The first-order valence-electron chi connectivity index (χ1n) is 5.90. The molecule has 4 heteroatoms. The molecule has 1 N–H and O–H groups in total. The molecule has 1 heterocycles. The van der Waals surface area contributed by atoms with Gasteiger partial charge in [0.2, 0.25) is 5.91 Å². The van der Waals surface area contributed by atoms with Crippen LogP contribution in [0.1, 0.15) is 40.5 Å². The van der Waals surface area contributed by atoms with E-state index in [1.807, 2.05) is 25.7 Å². The summed E-state index contributed by atoms with van der Waals surface area (Å²) >= 11 is 0. The quantitative estimate of drug-likeness (QED) is 0.550. The van der Waals surface area contributed by atoms with E-state index in [0.717, 1.165) is 12.1 Å². The van der Waals surface area contributed by atoms with Gasteiger partial charge in [0.15, 0.2) is 0 Å². The molecule has 1 amide bonds. The van der Waals surface area contributed by atoms with Crippen molar-refractivity contribution in [2.75, 3.05) is 13.1 Å². The van der Waals surface area contributed by atoms with Crippen molar-refractivity contribution in [3.05, 3.63) is 0 Å². The Morgan fingerprint density at radius 3 is 2.62 bits per heavy atom. The lowest BCUT2D eigenvalue weighted by atomic mass is 9.89. The minimum Gasteiger partial charge on any atom is -0.411 e. The van der Waals surface area contributed by atoms with E-state index in [-0.39, 0.29) is 17.2 Å². The van der Waals surface area contributed by atoms with Crippen molar-refractivity contribution in [2.45, 2.75) is 40.5 Å². The molecule has 1 unspecified atom stereocenters. The Kier molecular flexibility index (Phi) is 3.94. The van der Waals surface area contributed by atoms with Gasteiger partial charge in [-0.15, -0.1) is 0 Å². The minimum atomic E-state index is -0.327. The Morgan fingerprint density at radius 1 is 1.56 bits per heavy atom. The number of carbonyl (C=O) groups excluding carboxylic acids is 1. The molecule has 0 aliphatic carbocycles. The Labute approximate surface area is 97.3 Å². The van der Waals surface area contributed by atoms with Gasteiger partial charge in [-0.3, -0.25) is 4.79 Å². The molecule has 0 aromatic heterocycles. The average Bonchev–Trinajstić information content (AvgIpc) is 2.25. The average molecular weight is 226 g/mol. The fourth-order valence-corrected chi connectivity index (χ4v) is 2.07. The van der Waals surface area contributed by atoms with Crippen LogP contribution < -0.4 is 0 Å². The number of rotatable bonds is 1. The molecule has 16 heavy (non-hydrogen) atoms. The summed E-state index contributed by atoms with van der Waals surface area (Å²) < 4.78 is 0. The zero-order valence-electron chi connectivity index (χ0n) is 10.7. The first kappa shape index (κ1) is 13.0. The molecule has 4 nitrogen and oxygen atoms in total. The molecule has 0 aromatic rings. The van der Waals surface area contributed by atoms with E-state index in [2.05, 4.69) is 12.1 Å². The molecule has 0 spiro atoms. The van der Waals surface area contributed by atoms with Gasteiger partial charge in [0.05, 0.1) is 5.71 Å². The van der Waals surface area contributed by atoms with E-state index in [4.69, 9.17) is 5.21 Å². The molecule has 92 valence electrons. The van der Waals surface area contributed by atoms with Gasteiger partial charge in [-0.2, -0.15) is 0 Å². The summed E-state index contributed by atoms with van der Waals surface area (Å²) in [5.41, 5.74) is 0.507. The van der Waals surface area contributed by atoms with Crippen molar-refractivity contribution in [2.24, 2.45) is 16.5 Å². The maximum Gasteiger partial charge on any atom is 0.227 e. The molecule has 1 aliphatic rings. The third-order valence-corrected chi connectivity index (χ3v) is 3.10. The Morgan fingerprint density at radius 2 is 2.19 bits per heavy atom. The number of amides is 1. The van der Waals surface area contributed by atoms with Crippen LogP contribution in [0.3, 0.4) is 0 Å². The lowest BCUT2D eigenvalue weighted by Gasteiger charge is -2.36. The summed E-state index contributed by atoms with van der Waals surface area (Å²) in [6.45, 7) is 9.22. The molecule has 0 aromatic carbocycles. The maximum absolute atomic E-state index is 12.1. The first-order chi connectivity index (χ1) is 7.40. The second kappa shape index (κ2) is 4.85. The third kappa shape index (κ3) is 2.74. The zero-order valence-corrected chi connectivity index (χ0v) is 10.7. The molecule has 1 atom stereocenters. The van der Waals surface area contributed by atoms with Crippen molar-refractivity contribution >= 4 is 11.6 Å². The number of oxime groups is 1. The van der Waals surface area contributed by atoms with E-state index in [9.17, 15) is 4.79 Å². The molecule has 1 fully saturated rings. The lowest BCUT2D eigenvalue weighted by Crippen LogP contribution is -2.48. The van der Waals surface area contributed by atoms with Crippen molar-refractivity contribution in [1.82, 2.24) is 4.90 Å². The largest absolute Gasteiger partial charge is 0.411 e. The fourth-order valence-electron chi connectivity index (χ4n) is 2.07. The number of likely N-dealkylation sites (tertiary alicyclic amines) is 1. The van der Waals surface area contributed by atoms with Crippen LogP contribution in [0.5, 0.6) is 0 Å². The van der Waals surface area contributed by atoms with E-state index in [0.29, 0.717) is 19.5 Å². The topological polar surface area (TPSA) is 52.9 Å². The van der Waals surface area contributed by atoms with E-state index >= 15 is 0 Å². The highest BCUT2D eigenvalue weighted by atomic mass is 16.4. The molecule has 0 bridgehead atoms. The molecule has 1 rings (SSSR count). The number of hydrogen-bond donors (Lipinski definition) is 1. The van der Waals surface area contributed by atoms with Gasteiger partial charge in [0, 0.05) is 30.8 Å². The molecule has 0 radical (unpaired) electrons. The van der Waals surface area contributed by atoms with Crippen molar-refractivity contribution in [3.63, 3.8) is 0 Å². The smallest absolute Gasteiger partial charge is 0.227 e. The van der Waals surface area contributed by atoms with Gasteiger partial charge in [0.25, 0.3) is 0 Å². The first-order valence-corrected chi connectivity index (χ1v) is 5.90.